The molecule has 0 aliphatic rings. The first-order valence-electron chi connectivity index (χ1n) is 3.41. The average molecular weight is 219 g/mol. The van der Waals surface area contributed by atoms with E-state index >= 15 is 0 Å². The molecule has 4 nitrogen and oxygen atoms in total. The van der Waals surface area contributed by atoms with Crippen LogP contribution in [0.3, 0.4) is 0 Å². The van der Waals surface area contributed by atoms with Gasteiger partial charge in [0.25, 0.3) is 5.91 Å². The van der Waals surface area contributed by atoms with E-state index in [-0.39, 0.29) is 12.5 Å². The van der Waals surface area contributed by atoms with Crippen molar-refractivity contribution < 1.29 is 9.59 Å². The summed E-state index contributed by atoms with van der Waals surface area (Å²) in [5.74, 6) is -0.910. The van der Waals surface area contributed by atoms with E-state index in [1.807, 2.05) is 0 Å². The molecular weight excluding hydrogens is 212 g/mol. The molecule has 0 spiro atoms. The minimum Gasteiger partial charge on any atom is -0.368 e. The molecule has 6 heteroatoms. The molecule has 1 rings (SSSR count). The molecule has 1 aromatic heterocycles. The number of carbonyl (C=O) groups is 2. The zero-order chi connectivity index (χ0) is 9.84. The molecule has 0 saturated heterocycles. The van der Waals surface area contributed by atoms with Crippen LogP contribution in [0.25, 0.3) is 0 Å². The predicted molar refractivity (Wildman–Crippen MR) is 50.9 cm³/mol. The molecule has 0 bridgehead atoms. The number of thiophene rings is 1. The number of primary amides is 1. The largest absolute Gasteiger partial charge is 0.368 e. The standard InChI is InChI=1S/C7H7ClN2O2S/c8-5-2-1-4(13-5)7(12)10-3-6(9)11/h1-2H,3H2,(H2,9,11)(H,10,12). The van der Waals surface area contributed by atoms with Gasteiger partial charge in [-0.05, 0) is 12.1 Å². The van der Waals surface area contributed by atoms with Crippen molar-refractivity contribution in [3.05, 3.63) is 21.3 Å². The van der Waals surface area contributed by atoms with Crippen molar-refractivity contribution in [3.8, 4) is 0 Å². The highest BCUT2D eigenvalue weighted by Crippen LogP contribution is 2.20. The van der Waals surface area contributed by atoms with Gasteiger partial charge in [-0.3, -0.25) is 9.59 Å². The first-order chi connectivity index (χ1) is 6.09. The Bertz CT molecular complexity index is 337. The first kappa shape index (κ1) is 10.0. The van der Waals surface area contributed by atoms with Crippen molar-refractivity contribution in [3.63, 3.8) is 0 Å². The van der Waals surface area contributed by atoms with Gasteiger partial charge in [-0.2, -0.15) is 0 Å². The Morgan fingerprint density at radius 3 is 2.69 bits per heavy atom. The number of nitrogens with two attached hydrogens (primary N) is 1. The summed E-state index contributed by atoms with van der Waals surface area (Å²) in [5, 5.41) is 2.35. The summed E-state index contributed by atoms with van der Waals surface area (Å²) in [6.07, 6.45) is 0. The van der Waals surface area contributed by atoms with Crippen LogP contribution in [0.2, 0.25) is 4.34 Å². The molecule has 0 aliphatic heterocycles. The fraction of sp³-hybridized carbons (Fsp3) is 0.143. The van der Waals surface area contributed by atoms with E-state index in [0.29, 0.717) is 9.21 Å². The van der Waals surface area contributed by atoms with E-state index in [2.05, 4.69) is 5.32 Å². The third kappa shape index (κ3) is 3.04. The van der Waals surface area contributed by atoms with Gasteiger partial charge in [0.15, 0.2) is 0 Å². The highest BCUT2D eigenvalue weighted by atomic mass is 35.5. The SMILES string of the molecule is NC(=O)CNC(=O)c1ccc(Cl)s1. The molecule has 0 saturated carbocycles. The second-order valence-corrected chi connectivity index (χ2v) is 3.97. The van der Waals surface area contributed by atoms with Gasteiger partial charge in [-0.25, -0.2) is 0 Å². The lowest BCUT2D eigenvalue weighted by Gasteiger charge is -1.98. The lowest BCUT2D eigenvalue weighted by molar-refractivity contribution is -0.117. The Morgan fingerprint density at radius 1 is 1.54 bits per heavy atom. The Labute approximate surface area is 83.7 Å². The molecule has 13 heavy (non-hydrogen) atoms. The van der Waals surface area contributed by atoms with E-state index in [9.17, 15) is 9.59 Å². The molecule has 0 radical (unpaired) electrons. The van der Waals surface area contributed by atoms with Gasteiger partial charge in [0.05, 0.1) is 15.8 Å². The van der Waals surface area contributed by atoms with Gasteiger partial charge >= 0.3 is 0 Å². The highest BCUT2D eigenvalue weighted by Gasteiger charge is 2.08. The molecule has 1 heterocycles. The third-order valence-corrected chi connectivity index (χ3v) is 2.45. The second-order valence-electron chi connectivity index (χ2n) is 2.25. The van der Waals surface area contributed by atoms with Crippen molar-refractivity contribution in [1.82, 2.24) is 5.32 Å². The molecule has 0 aliphatic carbocycles. The number of rotatable bonds is 3. The van der Waals surface area contributed by atoms with Crippen molar-refractivity contribution in [1.29, 1.82) is 0 Å². The quantitative estimate of drug-likeness (QED) is 0.781. The molecule has 3 N–H and O–H groups in total. The Morgan fingerprint density at radius 2 is 2.23 bits per heavy atom. The molecule has 0 aromatic carbocycles. The van der Waals surface area contributed by atoms with E-state index in [1.54, 1.807) is 12.1 Å². The first-order valence-corrected chi connectivity index (χ1v) is 4.61. The molecule has 0 unspecified atom stereocenters. The summed E-state index contributed by atoms with van der Waals surface area (Å²) in [6.45, 7) is -0.158. The molecule has 70 valence electrons. The summed E-state index contributed by atoms with van der Waals surface area (Å²) in [5.41, 5.74) is 4.85. The fourth-order valence-electron chi connectivity index (χ4n) is 0.691. The lowest BCUT2D eigenvalue weighted by atomic mass is 10.4. The zero-order valence-electron chi connectivity index (χ0n) is 6.54. The molecule has 0 atom stereocenters. The molecule has 1 aromatic rings. The van der Waals surface area contributed by atoms with Gasteiger partial charge < -0.3 is 11.1 Å². The maximum Gasteiger partial charge on any atom is 0.261 e. The van der Waals surface area contributed by atoms with Crippen LogP contribution in [0.15, 0.2) is 12.1 Å². The number of nitrogens with one attached hydrogen (secondary N) is 1. The molecule has 2 amide bonds. The Hall–Kier alpha value is -1.07. The van der Waals surface area contributed by atoms with Crippen molar-refractivity contribution >= 4 is 34.8 Å². The summed E-state index contributed by atoms with van der Waals surface area (Å²) in [7, 11) is 0. The van der Waals surface area contributed by atoms with Crippen LogP contribution in [0.1, 0.15) is 9.67 Å². The smallest absolute Gasteiger partial charge is 0.261 e. The highest BCUT2D eigenvalue weighted by molar-refractivity contribution is 7.17. The van der Waals surface area contributed by atoms with Crippen LogP contribution < -0.4 is 11.1 Å². The van der Waals surface area contributed by atoms with Gasteiger partial charge in [-0.15, -0.1) is 11.3 Å². The number of hydrogen-bond donors (Lipinski definition) is 2. The summed E-state index contributed by atoms with van der Waals surface area (Å²) in [4.78, 5) is 22.0. The van der Waals surface area contributed by atoms with Crippen LogP contribution >= 0.6 is 22.9 Å². The van der Waals surface area contributed by atoms with Crippen LogP contribution in [0, 0.1) is 0 Å². The zero-order valence-corrected chi connectivity index (χ0v) is 8.11. The fourth-order valence-corrected chi connectivity index (χ4v) is 1.65. The molecular formula is C7H7ClN2O2S. The van der Waals surface area contributed by atoms with E-state index < -0.39 is 5.91 Å². The van der Waals surface area contributed by atoms with E-state index in [1.165, 1.54) is 0 Å². The summed E-state index contributed by atoms with van der Waals surface area (Å²) >= 11 is 6.76. The third-order valence-electron chi connectivity index (χ3n) is 1.22. The topological polar surface area (TPSA) is 72.2 Å². The van der Waals surface area contributed by atoms with Crippen LogP contribution in [-0.4, -0.2) is 18.4 Å². The number of amides is 2. The summed E-state index contributed by atoms with van der Waals surface area (Å²) in [6, 6.07) is 3.20. The van der Waals surface area contributed by atoms with E-state index in [0.717, 1.165) is 11.3 Å². The Balaban J connectivity index is 2.54. The van der Waals surface area contributed by atoms with Crippen molar-refractivity contribution in [2.45, 2.75) is 0 Å². The van der Waals surface area contributed by atoms with Crippen LogP contribution in [0.5, 0.6) is 0 Å². The summed E-state index contributed by atoms with van der Waals surface area (Å²) < 4.78 is 0.532. The van der Waals surface area contributed by atoms with Crippen molar-refractivity contribution in [2.24, 2.45) is 5.73 Å². The minimum absolute atomic E-state index is 0.158. The van der Waals surface area contributed by atoms with Gasteiger partial charge in [0, 0.05) is 0 Å². The maximum absolute atomic E-state index is 11.2. The van der Waals surface area contributed by atoms with Crippen molar-refractivity contribution in [2.75, 3.05) is 6.54 Å². The van der Waals surface area contributed by atoms with Crippen LogP contribution in [0.4, 0.5) is 0 Å². The van der Waals surface area contributed by atoms with Gasteiger partial charge in [-0.1, -0.05) is 11.6 Å². The lowest BCUT2D eigenvalue weighted by Crippen LogP contribution is -2.32. The van der Waals surface area contributed by atoms with Crippen LogP contribution in [-0.2, 0) is 4.79 Å². The maximum atomic E-state index is 11.2. The average Bonchev–Trinajstić information content (AvgIpc) is 2.47. The molecule has 0 fully saturated rings. The Kier molecular flexibility index (Phi) is 3.27. The van der Waals surface area contributed by atoms with Gasteiger partial charge in [0.1, 0.15) is 0 Å². The predicted octanol–water partition coefficient (Wildman–Crippen LogP) is 0.617. The number of halogens is 1. The number of carbonyl (C=O) groups excluding carboxylic acids is 2. The monoisotopic (exact) mass is 218 g/mol. The van der Waals surface area contributed by atoms with E-state index in [4.69, 9.17) is 17.3 Å². The van der Waals surface area contributed by atoms with Gasteiger partial charge in [0.2, 0.25) is 5.91 Å². The normalized spacial score (nSPS) is 9.62. The second kappa shape index (κ2) is 4.25. The minimum atomic E-state index is -0.573. The number of hydrogen-bond acceptors (Lipinski definition) is 3.